The van der Waals surface area contributed by atoms with Crippen LogP contribution >= 0.6 is 0 Å². The molecular formula is C17H15N3O5S. The van der Waals surface area contributed by atoms with Crippen LogP contribution < -0.4 is 11.1 Å². The van der Waals surface area contributed by atoms with Crippen molar-refractivity contribution in [2.24, 2.45) is 0 Å². The molecule has 0 saturated heterocycles. The Bertz CT molecular complexity index is 1080. The zero-order valence-electron chi connectivity index (χ0n) is 13.7. The molecule has 0 saturated carbocycles. The fourth-order valence-electron chi connectivity index (χ4n) is 2.33. The first-order valence-electron chi connectivity index (χ1n) is 7.56. The molecule has 0 aliphatic heterocycles. The van der Waals surface area contributed by atoms with Gasteiger partial charge in [-0.15, -0.1) is 0 Å². The molecule has 1 N–H and O–H groups in total. The molecule has 0 bridgehead atoms. The topological polar surface area (TPSA) is 111 Å². The summed E-state index contributed by atoms with van der Waals surface area (Å²) in [5.41, 5.74) is 1.05. The van der Waals surface area contributed by atoms with Gasteiger partial charge in [-0.1, -0.05) is 35.5 Å². The van der Waals surface area contributed by atoms with Crippen molar-refractivity contribution in [3.63, 3.8) is 0 Å². The van der Waals surface area contributed by atoms with Gasteiger partial charge in [0.1, 0.15) is 6.54 Å². The molecule has 1 aromatic heterocycles. The standard InChI is InChI=1S/C17H15N3O5S/c1-26(23,24)14-9-7-13(8-10-14)18-15(21)11-20-16(19-25-17(20)22)12-5-3-2-4-6-12/h2-10H,11H2,1H3,(H,18,21). The van der Waals surface area contributed by atoms with Gasteiger partial charge >= 0.3 is 5.76 Å². The van der Waals surface area contributed by atoms with Gasteiger partial charge in [0.05, 0.1) is 4.90 Å². The summed E-state index contributed by atoms with van der Waals surface area (Å²) in [5.74, 6) is -0.968. The highest BCUT2D eigenvalue weighted by Gasteiger charge is 2.16. The highest BCUT2D eigenvalue weighted by Crippen LogP contribution is 2.16. The normalized spacial score (nSPS) is 11.3. The van der Waals surface area contributed by atoms with E-state index in [-0.39, 0.29) is 17.3 Å². The van der Waals surface area contributed by atoms with E-state index in [4.69, 9.17) is 0 Å². The van der Waals surface area contributed by atoms with Gasteiger partial charge in [0.25, 0.3) is 0 Å². The van der Waals surface area contributed by atoms with Crippen LogP contribution in [0, 0.1) is 0 Å². The lowest BCUT2D eigenvalue weighted by atomic mass is 10.2. The summed E-state index contributed by atoms with van der Waals surface area (Å²) < 4.78 is 28.7. The summed E-state index contributed by atoms with van der Waals surface area (Å²) in [5, 5.41) is 6.32. The van der Waals surface area contributed by atoms with Crippen LogP contribution in [0.2, 0.25) is 0 Å². The molecular weight excluding hydrogens is 358 g/mol. The lowest BCUT2D eigenvalue weighted by Crippen LogP contribution is -2.25. The van der Waals surface area contributed by atoms with Gasteiger partial charge in [0.2, 0.25) is 5.91 Å². The number of hydrogen-bond acceptors (Lipinski definition) is 6. The van der Waals surface area contributed by atoms with Crippen molar-refractivity contribution in [1.82, 2.24) is 9.72 Å². The third kappa shape index (κ3) is 3.89. The van der Waals surface area contributed by atoms with Crippen molar-refractivity contribution < 1.29 is 17.7 Å². The number of carbonyl (C=O) groups is 1. The van der Waals surface area contributed by atoms with E-state index in [0.29, 0.717) is 11.3 Å². The van der Waals surface area contributed by atoms with E-state index in [1.807, 2.05) is 6.07 Å². The lowest BCUT2D eigenvalue weighted by molar-refractivity contribution is -0.116. The van der Waals surface area contributed by atoms with Crippen molar-refractivity contribution in [2.45, 2.75) is 11.4 Å². The fourth-order valence-corrected chi connectivity index (χ4v) is 2.96. The number of sulfone groups is 1. The number of rotatable bonds is 5. The molecule has 1 heterocycles. The Hall–Kier alpha value is -3.20. The summed E-state index contributed by atoms with van der Waals surface area (Å²) >= 11 is 0. The molecule has 0 aliphatic carbocycles. The molecule has 0 fully saturated rings. The summed E-state index contributed by atoms with van der Waals surface area (Å²) in [6.07, 6.45) is 1.10. The SMILES string of the molecule is CS(=O)(=O)c1ccc(NC(=O)Cn2c(-c3ccccc3)noc2=O)cc1. The van der Waals surface area contributed by atoms with E-state index in [1.54, 1.807) is 24.3 Å². The third-order valence-corrected chi connectivity index (χ3v) is 4.71. The molecule has 26 heavy (non-hydrogen) atoms. The highest BCUT2D eigenvalue weighted by atomic mass is 32.2. The molecule has 1 amide bonds. The molecule has 134 valence electrons. The van der Waals surface area contributed by atoms with Crippen LogP contribution in [0.25, 0.3) is 11.4 Å². The van der Waals surface area contributed by atoms with E-state index < -0.39 is 21.5 Å². The Morgan fingerprint density at radius 1 is 1.12 bits per heavy atom. The van der Waals surface area contributed by atoms with Crippen LogP contribution in [0.5, 0.6) is 0 Å². The molecule has 0 atom stereocenters. The molecule has 0 unspecified atom stereocenters. The van der Waals surface area contributed by atoms with Crippen LogP contribution in [-0.2, 0) is 21.2 Å². The number of nitrogens with zero attached hydrogens (tertiary/aromatic N) is 2. The zero-order chi connectivity index (χ0) is 18.7. The minimum absolute atomic E-state index is 0.150. The van der Waals surface area contributed by atoms with Gasteiger partial charge in [0, 0.05) is 17.5 Å². The second-order valence-corrected chi connectivity index (χ2v) is 7.58. The predicted octanol–water partition coefficient (Wildman–Crippen LogP) is 1.55. The van der Waals surface area contributed by atoms with Crippen molar-refractivity contribution >= 4 is 21.4 Å². The minimum atomic E-state index is -3.31. The number of amides is 1. The molecule has 0 aliphatic rings. The first-order chi connectivity index (χ1) is 12.3. The van der Waals surface area contributed by atoms with Crippen molar-refractivity contribution in [3.05, 3.63) is 65.1 Å². The maximum absolute atomic E-state index is 12.2. The van der Waals surface area contributed by atoms with Gasteiger partial charge in [-0.05, 0) is 24.3 Å². The van der Waals surface area contributed by atoms with E-state index in [0.717, 1.165) is 10.8 Å². The molecule has 0 spiro atoms. The van der Waals surface area contributed by atoms with Crippen LogP contribution in [0.4, 0.5) is 5.69 Å². The lowest BCUT2D eigenvalue weighted by Gasteiger charge is -2.07. The van der Waals surface area contributed by atoms with Crippen LogP contribution in [0.15, 0.2) is 68.8 Å². The van der Waals surface area contributed by atoms with Gasteiger partial charge in [0.15, 0.2) is 15.7 Å². The number of anilines is 1. The molecule has 3 aromatic rings. The van der Waals surface area contributed by atoms with Crippen molar-refractivity contribution in [3.8, 4) is 11.4 Å². The number of hydrogen-bond donors (Lipinski definition) is 1. The van der Waals surface area contributed by atoms with E-state index >= 15 is 0 Å². The van der Waals surface area contributed by atoms with E-state index in [9.17, 15) is 18.0 Å². The fraction of sp³-hybridized carbons (Fsp3) is 0.118. The Morgan fingerprint density at radius 2 is 1.77 bits per heavy atom. The van der Waals surface area contributed by atoms with Gasteiger partial charge in [-0.25, -0.2) is 17.8 Å². The predicted molar refractivity (Wildman–Crippen MR) is 94.4 cm³/mol. The van der Waals surface area contributed by atoms with Gasteiger partial charge < -0.3 is 5.32 Å². The number of carbonyl (C=O) groups excluding carboxylic acids is 1. The second-order valence-electron chi connectivity index (χ2n) is 5.57. The highest BCUT2D eigenvalue weighted by molar-refractivity contribution is 7.90. The smallest absolute Gasteiger partial charge is 0.325 e. The summed E-state index contributed by atoms with van der Waals surface area (Å²) in [4.78, 5) is 24.2. The molecule has 0 radical (unpaired) electrons. The van der Waals surface area contributed by atoms with Crippen molar-refractivity contribution in [1.29, 1.82) is 0 Å². The Morgan fingerprint density at radius 3 is 2.38 bits per heavy atom. The maximum Gasteiger partial charge on any atom is 0.442 e. The van der Waals surface area contributed by atoms with Gasteiger partial charge in [-0.3, -0.25) is 9.32 Å². The number of aromatic nitrogens is 2. The van der Waals surface area contributed by atoms with Crippen LogP contribution in [-0.4, -0.2) is 30.3 Å². The average Bonchev–Trinajstić information content (AvgIpc) is 2.96. The Kier molecular flexibility index (Phi) is 4.72. The van der Waals surface area contributed by atoms with Crippen LogP contribution in [0.1, 0.15) is 0 Å². The van der Waals surface area contributed by atoms with Crippen molar-refractivity contribution in [2.75, 3.05) is 11.6 Å². The minimum Gasteiger partial charge on any atom is -0.325 e. The second kappa shape index (κ2) is 6.96. The largest absolute Gasteiger partial charge is 0.442 e. The molecule has 8 nitrogen and oxygen atoms in total. The monoisotopic (exact) mass is 373 g/mol. The third-order valence-electron chi connectivity index (χ3n) is 3.59. The van der Waals surface area contributed by atoms with Gasteiger partial charge in [-0.2, -0.15) is 0 Å². The maximum atomic E-state index is 12.2. The zero-order valence-corrected chi connectivity index (χ0v) is 14.6. The molecule has 3 rings (SSSR count). The van der Waals surface area contributed by atoms with E-state index in [2.05, 4.69) is 15.0 Å². The molecule has 2 aromatic carbocycles. The first kappa shape index (κ1) is 17.6. The molecule has 9 heteroatoms. The summed E-state index contributed by atoms with van der Waals surface area (Å²) in [6, 6.07) is 14.6. The average molecular weight is 373 g/mol. The number of benzene rings is 2. The summed E-state index contributed by atoms with van der Waals surface area (Å²) in [6.45, 7) is -0.291. The Balaban J connectivity index is 1.77. The van der Waals surface area contributed by atoms with Crippen LogP contribution in [0.3, 0.4) is 0 Å². The first-order valence-corrected chi connectivity index (χ1v) is 9.45. The van der Waals surface area contributed by atoms with E-state index in [1.165, 1.54) is 24.3 Å². The number of nitrogens with one attached hydrogen (secondary N) is 1. The summed E-state index contributed by atoms with van der Waals surface area (Å²) in [7, 11) is -3.31. The Labute approximate surface area is 149 Å². The quantitative estimate of drug-likeness (QED) is 0.726.